The van der Waals surface area contributed by atoms with Gasteiger partial charge in [-0.05, 0) is 43.2 Å². The third-order valence-corrected chi connectivity index (χ3v) is 8.14. The molecule has 11 heteroatoms. The molecule has 0 spiro atoms. The minimum absolute atomic E-state index is 0. The Kier molecular flexibility index (Phi) is 17.0. The number of phenols is 1. The van der Waals surface area contributed by atoms with E-state index in [2.05, 4.69) is 55.0 Å². The number of fused-ring (bicyclic) bond motifs is 1. The van der Waals surface area contributed by atoms with E-state index >= 15 is 0 Å². The molecule has 2 aromatic carbocycles. The van der Waals surface area contributed by atoms with Crippen LogP contribution in [0.5, 0.6) is 5.75 Å². The Morgan fingerprint density at radius 2 is 1.73 bits per heavy atom. The Balaban J connectivity index is 0.00000420. The van der Waals surface area contributed by atoms with Crippen molar-refractivity contribution in [1.29, 1.82) is 0 Å². The summed E-state index contributed by atoms with van der Waals surface area (Å²) in [5.74, 6) is 0.203. The number of halogens is 2. The van der Waals surface area contributed by atoms with Crippen LogP contribution < -0.4 is 10.2 Å². The van der Waals surface area contributed by atoms with Crippen molar-refractivity contribution in [3.05, 3.63) is 63.3 Å². The molecule has 1 heterocycles. The summed E-state index contributed by atoms with van der Waals surface area (Å²) in [5, 5.41) is 13.4. The number of benzene rings is 2. The number of nitrogens with one attached hydrogen (secondary N) is 2. The lowest BCUT2D eigenvalue weighted by atomic mass is 9.86. The molecular weight excluding hydrogens is 672 g/mol. The van der Waals surface area contributed by atoms with Crippen molar-refractivity contribution in [1.82, 2.24) is 20.1 Å². The van der Waals surface area contributed by atoms with E-state index in [9.17, 15) is 14.7 Å². The number of ether oxygens (including phenoxy) is 1. The summed E-state index contributed by atoms with van der Waals surface area (Å²) in [5.41, 5.74) is 2.63. The molecule has 0 radical (unpaired) electrons. The molecule has 0 aliphatic heterocycles. The number of carbonyl (C=O) groups is 1. The van der Waals surface area contributed by atoms with Crippen molar-refractivity contribution in [2.75, 3.05) is 59.0 Å². The number of aromatic hydroxyl groups is 1. The summed E-state index contributed by atoms with van der Waals surface area (Å²) in [6.45, 7) is 15.0. The SMILES string of the molecule is Br.Br.CCN(CC)CCN(CCNCCc1ccc(O)c2[nH]c(=O)sc12)C(=O)CCOCC(C)(C)c1ccccc1. The number of rotatable bonds is 17. The maximum atomic E-state index is 13.1. The predicted molar refractivity (Wildman–Crippen MR) is 181 cm³/mol. The highest BCUT2D eigenvalue weighted by Crippen LogP contribution is 2.28. The van der Waals surface area contributed by atoms with Gasteiger partial charge < -0.3 is 29.9 Å². The third-order valence-electron chi connectivity index (χ3n) is 7.18. The zero-order chi connectivity index (χ0) is 28.3. The van der Waals surface area contributed by atoms with Gasteiger partial charge in [0, 0.05) is 31.6 Å². The van der Waals surface area contributed by atoms with Gasteiger partial charge in [-0.25, -0.2) is 0 Å². The van der Waals surface area contributed by atoms with E-state index in [-0.39, 0.29) is 55.9 Å². The lowest BCUT2D eigenvalue weighted by molar-refractivity contribution is -0.132. The lowest BCUT2D eigenvalue weighted by Crippen LogP contribution is -2.42. The average molecular weight is 719 g/mol. The fourth-order valence-corrected chi connectivity index (χ4v) is 5.51. The largest absolute Gasteiger partial charge is 0.506 e. The van der Waals surface area contributed by atoms with Crippen LogP contribution in [0, 0.1) is 0 Å². The first-order valence-corrected chi connectivity index (χ1v) is 14.7. The Bertz CT molecular complexity index is 1230. The van der Waals surface area contributed by atoms with Gasteiger partial charge in [0.25, 0.3) is 0 Å². The number of hydrogen-bond donors (Lipinski definition) is 3. The number of aromatic nitrogens is 1. The molecule has 0 fully saturated rings. The van der Waals surface area contributed by atoms with Gasteiger partial charge in [0.2, 0.25) is 5.91 Å². The first-order valence-electron chi connectivity index (χ1n) is 13.9. The molecule has 41 heavy (non-hydrogen) atoms. The lowest BCUT2D eigenvalue weighted by Gasteiger charge is -2.27. The van der Waals surface area contributed by atoms with Gasteiger partial charge in [-0.15, -0.1) is 34.0 Å². The monoisotopic (exact) mass is 716 g/mol. The van der Waals surface area contributed by atoms with Crippen molar-refractivity contribution in [3.63, 3.8) is 0 Å². The van der Waals surface area contributed by atoms with Crippen LogP contribution in [-0.2, 0) is 21.4 Å². The van der Waals surface area contributed by atoms with Crippen LogP contribution >= 0.6 is 45.3 Å². The minimum atomic E-state index is -0.171. The normalized spacial score (nSPS) is 11.3. The average Bonchev–Trinajstić information content (AvgIpc) is 3.34. The van der Waals surface area contributed by atoms with E-state index in [1.54, 1.807) is 6.07 Å². The molecule has 0 aliphatic rings. The highest BCUT2D eigenvalue weighted by Gasteiger charge is 2.21. The summed E-state index contributed by atoms with van der Waals surface area (Å²) in [7, 11) is 0. The molecule has 3 rings (SSSR count). The zero-order valence-electron chi connectivity index (χ0n) is 24.6. The molecule has 1 amide bonds. The van der Waals surface area contributed by atoms with Crippen molar-refractivity contribution in [3.8, 4) is 5.75 Å². The minimum Gasteiger partial charge on any atom is -0.506 e. The van der Waals surface area contributed by atoms with E-state index in [4.69, 9.17) is 4.74 Å². The first kappa shape index (κ1) is 37.3. The quantitative estimate of drug-likeness (QED) is 0.168. The Hall–Kier alpha value is -1.76. The maximum absolute atomic E-state index is 13.1. The number of H-pyrrole nitrogens is 1. The standard InChI is InChI=1S/C30H44N4O4S.2BrH/c1-5-33(6-2)19-20-34(26(36)15-21-38-22-30(3,4)24-10-8-7-9-11-24)18-17-31-16-14-23-12-13-25(35)27-28(23)39-29(37)32-27;;/h7-13,31,35H,5-6,14-22H2,1-4H3,(H,32,37);2*1H. The van der Waals surface area contributed by atoms with E-state index in [1.807, 2.05) is 29.2 Å². The Morgan fingerprint density at radius 3 is 2.41 bits per heavy atom. The molecule has 1 aromatic heterocycles. The van der Waals surface area contributed by atoms with Crippen LogP contribution in [0.15, 0.2) is 47.3 Å². The van der Waals surface area contributed by atoms with Gasteiger partial charge in [0.15, 0.2) is 0 Å². The number of thiazole rings is 1. The second-order valence-electron chi connectivity index (χ2n) is 10.4. The second-order valence-corrected chi connectivity index (χ2v) is 11.4. The van der Waals surface area contributed by atoms with E-state index < -0.39 is 0 Å². The summed E-state index contributed by atoms with van der Waals surface area (Å²) in [6, 6.07) is 13.8. The van der Waals surface area contributed by atoms with E-state index in [1.165, 1.54) is 5.56 Å². The van der Waals surface area contributed by atoms with Gasteiger partial charge in [0.05, 0.1) is 24.3 Å². The van der Waals surface area contributed by atoms with E-state index in [0.29, 0.717) is 51.3 Å². The van der Waals surface area contributed by atoms with Gasteiger partial charge >= 0.3 is 4.87 Å². The summed E-state index contributed by atoms with van der Waals surface area (Å²) in [4.78, 5) is 31.7. The molecule has 3 N–H and O–H groups in total. The fourth-order valence-electron chi connectivity index (χ4n) is 4.61. The molecule has 230 valence electrons. The van der Waals surface area contributed by atoms with Gasteiger partial charge in [-0.3, -0.25) is 9.59 Å². The molecule has 0 saturated heterocycles. The number of nitrogens with zero attached hydrogens (tertiary/aromatic N) is 2. The Morgan fingerprint density at radius 1 is 1.02 bits per heavy atom. The number of likely N-dealkylation sites (N-methyl/N-ethyl adjacent to an activating group) is 1. The van der Waals surface area contributed by atoms with Crippen molar-refractivity contribution in [2.45, 2.75) is 46.0 Å². The smallest absolute Gasteiger partial charge is 0.305 e. The van der Waals surface area contributed by atoms with Gasteiger partial charge in [-0.2, -0.15) is 0 Å². The van der Waals surface area contributed by atoms with Crippen LogP contribution in [0.4, 0.5) is 0 Å². The van der Waals surface area contributed by atoms with Crippen molar-refractivity contribution < 1.29 is 14.6 Å². The summed E-state index contributed by atoms with van der Waals surface area (Å²) in [6.07, 6.45) is 1.09. The molecule has 0 atom stereocenters. The van der Waals surface area contributed by atoms with Gasteiger partial charge in [-0.1, -0.05) is 75.4 Å². The Labute approximate surface area is 269 Å². The van der Waals surface area contributed by atoms with Crippen LogP contribution in [0.25, 0.3) is 10.2 Å². The van der Waals surface area contributed by atoms with Crippen molar-refractivity contribution >= 4 is 61.4 Å². The molecule has 8 nitrogen and oxygen atoms in total. The number of carbonyl (C=O) groups excluding carboxylic acids is 1. The number of phenolic OH excluding ortho intramolecular Hbond substituents is 1. The predicted octanol–water partition coefficient (Wildman–Crippen LogP) is 5.14. The van der Waals surface area contributed by atoms with E-state index in [0.717, 1.165) is 47.7 Å². The van der Waals surface area contributed by atoms with Crippen molar-refractivity contribution in [2.24, 2.45) is 0 Å². The van der Waals surface area contributed by atoms with Crippen LogP contribution in [0.1, 0.15) is 45.2 Å². The van der Waals surface area contributed by atoms with Crippen LogP contribution in [0.3, 0.4) is 0 Å². The number of hydrogen-bond acceptors (Lipinski definition) is 7. The first-order chi connectivity index (χ1) is 18.7. The van der Waals surface area contributed by atoms with Gasteiger partial charge in [0.1, 0.15) is 11.3 Å². The van der Waals surface area contributed by atoms with Crippen LogP contribution in [-0.4, -0.2) is 84.8 Å². The number of amides is 1. The summed E-state index contributed by atoms with van der Waals surface area (Å²) >= 11 is 1.12. The molecule has 0 bridgehead atoms. The topological polar surface area (TPSA) is 97.9 Å². The highest BCUT2D eigenvalue weighted by molar-refractivity contribution is 8.93. The van der Waals surface area contributed by atoms with Crippen LogP contribution in [0.2, 0.25) is 0 Å². The molecule has 0 saturated carbocycles. The third kappa shape index (κ3) is 11.4. The fraction of sp³-hybridized carbons (Fsp3) is 0.533. The molecule has 3 aromatic rings. The number of aromatic amines is 1. The molecular formula is C30H46Br2N4O4S. The highest BCUT2D eigenvalue weighted by atomic mass is 79.9. The molecule has 0 unspecified atom stereocenters. The maximum Gasteiger partial charge on any atom is 0.305 e. The summed E-state index contributed by atoms with van der Waals surface area (Å²) < 4.78 is 6.76. The molecule has 0 aliphatic carbocycles. The second kappa shape index (κ2) is 18.7. The zero-order valence-corrected chi connectivity index (χ0v) is 28.9.